The van der Waals surface area contributed by atoms with Gasteiger partial charge in [0, 0.05) is 7.14 Å². The minimum atomic E-state index is -4.79. The number of esters is 2. The molecule has 2 N–H and O–H groups in total. The molecule has 0 saturated heterocycles. The summed E-state index contributed by atoms with van der Waals surface area (Å²) < 4.78 is 69.4. The van der Waals surface area contributed by atoms with E-state index in [2.05, 4.69) is 4.74 Å². The molecule has 2 rings (SSSR count). The van der Waals surface area contributed by atoms with Gasteiger partial charge in [-0.3, -0.25) is 9.11 Å². The summed E-state index contributed by atoms with van der Waals surface area (Å²) in [5, 5.41) is 0. The molecule has 0 aromatic heterocycles. The van der Waals surface area contributed by atoms with Crippen LogP contribution in [0.4, 0.5) is 0 Å². The second-order valence-electron chi connectivity index (χ2n) is 4.91. The van der Waals surface area contributed by atoms with Gasteiger partial charge in [0.25, 0.3) is 20.2 Å². The zero-order valence-electron chi connectivity index (χ0n) is 12.8. The summed E-state index contributed by atoms with van der Waals surface area (Å²) in [7, 11) is -9.57. The Bertz CT molecular complexity index is 1060. The number of hydrogen-bond acceptors (Lipinski definition) is 7. The fourth-order valence-electron chi connectivity index (χ4n) is 1.97. The van der Waals surface area contributed by atoms with Gasteiger partial charge in [-0.05, 0) is 81.6 Å². The highest BCUT2D eigenvalue weighted by Gasteiger charge is 2.27. The first kappa shape index (κ1) is 22.2. The molecule has 0 aliphatic heterocycles. The number of carbonyl (C=O) groups excluding carboxylic acids is 2. The number of carbonyl (C=O) groups is 2. The molecule has 144 valence electrons. The number of hydrogen-bond donors (Lipinski definition) is 2. The highest BCUT2D eigenvalue weighted by Crippen LogP contribution is 2.23. The number of benzene rings is 2. The Morgan fingerprint density at radius 3 is 1.37 bits per heavy atom. The van der Waals surface area contributed by atoms with Crippen molar-refractivity contribution >= 4 is 77.4 Å². The predicted molar refractivity (Wildman–Crippen MR) is 108 cm³/mol. The molecule has 0 saturated carbocycles. The van der Waals surface area contributed by atoms with Crippen LogP contribution in [-0.2, 0) is 25.0 Å². The summed E-state index contributed by atoms with van der Waals surface area (Å²) in [5.41, 5.74) is -1.23. The van der Waals surface area contributed by atoms with E-state index in [-0.39, 0.29) is 0 Å². The van der Waals surface area contributed by atoms with E-state index in [9.17, 15) is 35.5 Å². The van der Waals surface area contributed by atoms with Crippen LogP contribution in [0.25, 0.3) is 0 Å². The van der Waals surface area contributed by atoms with E-state index in [1.165, 1.54) is 12.1 Å². The second-order valence-corrected chi connectivity index (χ2v) is 10.2. The van der Waals surface area contributed by atoms with Crippen LogP contribution >= 0.6 is 45.2 Å². The molecule has 0 aliphatic rings. The third kappa shape index (κ3) is 5.44. The van der Waals surface area contributed by atoms with Crippen LogP contribution in [-0.4, -0.2) is 37.9 Å². The van der Waals surface area contributed by atoms with Crippen molar-refractivity contribution in [1.82, 2.24) is 0 Å². The maximum absolute atomic E-state index is 12.3. The molecule has 0 amide bonds. The Hall–Kier alpha value is -1.14. The van der Waals surface area contributed by atoms with Gasteiger partial charge >= 0.3 is 11.9 Å². The summed E-state index contributed by atoms with van der Waals surface area (Å²) in [6.45, 7) is 0. The lowest BCUT2D eigenvalue weighted by Gasteiger charge is -2.09. The van der Waals surface area contributed by atoms with Crippen LogP contribution in [0.15, 0.2) is 46.2 Å². The largest absolute Gasteiger partial charge is 0.386 e. The molecule has 9 nitrogen and oxygen atoms in total. The molecule has 2 aromatic rings. The summed E-state index contributed by atoms with van der Waals surface area (Å²) >= 11 is 3.53. The Labute approximate surface area is 180 Å². The second kappa shape index (κ2) is 8.08. The van der Waals surface area contributed by atoms with Crippen molar-refractivity contribution in [3.05, 3.63) is 54.7 Å². The Morgan fingerprint density at radius 2 is 1.07 bits per heavy atom. The lowest BCUT2D eigenvalue weighted by atomic mass is 10.2. The van der Waals surface area contributed by atoms with Gasteiger partial charge in [0.15, 0.2) is 0 Å². The van der Waals surface area contributed by atoms with Gasteiger partial charge in [-0.25, -0.2) is 9.59 Å². The van der Waals surface area contributed by atoms with Crippen molar-refractivity contribution in [3.8, 4) is 0 Å². The van der Waals surface area contributed by atoms with Crippen LogP contribution in [0, 0.1) is 7.14 Å². The van der Waals surface area contributed by atoms with E-state index in [4.69, 9.17) is 0 Å². The van der Waals surface area contributed by atoms with E-state index in [1.807, 2.05) is 0 Å². The molecule has 0 radical (unpaired) electrons. The first-order valence-corrected chi connectivity index (χ1v) is 11.6. The monoisotopic (exact) mass is 638 g/mol. The zero-order valence-corrected chi connectivity index (χ0v) is 18.7. The van der Waals surface area contributed by atoms with Crippen LogP contribution in [0.3, 0.4) is 0 Å². The third-order valence-corrected chi connectivity index (χ3v) is 6.23. The molecule has 0 spiro atoms. The fourth-order valence-corrected chi connectivity index (χ4v) is 4.27. The highest BCUT2D eigenvalue weighted by molar-refractivity contribution is 14.1. The molecule has 0 aliphatic carbocycles. The molecule has 0 unspecified atom stereocenters. The Morgan fingerprint density at radius 1 is 0.741 bits per heavy atom. The SMILES string of the molecule is O=C(OC(=O)c1cc(I)ccc1S(=O)(=O)O)c1cc(I)ccc1S(=O)(=O)O. The van der Waals surface area contributed by atoms with Crippen molar-refractivity contribution in [2.45, 2.75) is 9.79 Å². The lowest BCUT2D eigenvalue weighted by Crippen LogP contribution is -2.18. The van der Waals surface area contributed by atoms with Gasteiger partial charge in [0.05, 0.1) is 11.1 Å². The van der Waals surface area contributed by atoms with Crippen LogP contribution in [0.5, 0.6) is 0 Å². The van der Waals surface area contributed by atoms with E-state index in [0.29, 0.717) is 7.14 Å². The van der Waals surface area contributed by atoms with Gasteiger partial charge in [-0.2, -0.15) is 16.8 Å². The molecule has 2 aromatic carbocycles. The first-order valence-electron chi connectivity index (χ1n) is 6.61. The first-order chi connectivity index (χ1) is 12.3. The molecule has 0 heterocycles. The van der Waals surface area contributed by atoms with Crippen molar-refractivity contribution in [3.63, 3.8) is 0 Å². The fraction of sp³-hybridized carbons (Fsp3) is 0. The topological polar surface area (TPSA) is 152 Å². The summed E-state index contributed by atoms with van der Waals surface area (Å²) in [6.07, 6.45) is 0. The molecular weight excluding hydrogens is 630 g/mol. The minimum Gasteiger partial charge on any atom is -0.386 e. The highest BCUT2D eigenvalue weighted by atomic mass is 127. The van der Waals surface area contributed by atoms with Gasteiger partial charge in [-0.1, -0.05) is 0 Å². The molecule has 0 fully saturated rings. The number of rotatable bonds is 4. The van der Waals surface area contributed by atoms with Crippen LogP contribution < -0.4 is 0 Å². The normalized spacial score (nSPS) is 11.9. The maximum Gasteiger partial charge on any atom is 0.347 e. The smallest absolute Gasteiger partial charge is 0.347 e. The summed E-state index contributed by atoms with van der Waals surface area (Å²) in [4.78, 5) is 23.0. The maximum atomic E-state index is 12.3. The van der Waals surface area contributed by atoms with Crippen LogP contribution in [0.1, 0.15) is 20.7 Å². The van der Waals surface area contributed by atoms with Gasteiger partial charge in [-0.15, -0.1) is 0 Å². The Kier molecular flexibility index (Phi) is 6.63. The van der Waals surface area contributed by atoms with E-state index >= 15 is 0 Å². The molecule has 0 atom stereocenters. The van der Waals surface area contributed by atoms with Crippen molar-refractivity contribution < 1.29 is 40.3 Å². The molecule has 13 heteroatoms. The molecule has 27 heavy (non-hydrogen) atoms. The van der Waals surface area contributed by atoms with Gasteiger partial charge < -0.3 is 4.74 Å². The van der Waals surface area contributed by atoms with Crippen LogP contribution in [0.2, 0.25) is 0 Å². The van der Waals surface area contributed by atoms with Gasteiger partial charge in [0.2, 0.25) is 0 Å². The average Bonchev–Trinajstić information content (AvgIpc) is 2.52. The zero-order chi connectivity index (χ0) is 20.6. The number of ether oxygens (including phenoxy) is 1. The third-order valence-electron chi connectivity index (χ3n) is 3.06. The van der Waals surface area contributed by atoms with Crippen molar-refractivity contribution in [2.24, 2.45) is 0 Å². The average molecular weight is 638 g/mol. The quantitative estimate of drug-likeness (QED) is 0.223. The lowest BCUT2D eigenvalue weighted by molar-refractivity contribution is 0.0391. The number of halogens is 2. The predicted octanol–water partition coefficient (Wildman–Crippen LogP) is 2.39. The van der Waals surface area contributed by atoms with Crippen molar-refractivity contribution in [2.75, 3.05) is 0 Å². The van der Waals surface area contributed by atoms with E-state index in [1.54, 1.807) is 45.2 Å². The van der Waals surface area contributed by atoms with E-state index in [0.717, 1.165) is 24.3 Å². The molecular formula is C14H8I2O9S2. The summed E-state index contributed by atoms with van der Waals surface area (Å²) in [5.74, 6) is -2.85. The van der Waals surface area contributed by atoms with Crippen molar-refractivity contribution in [1.29, 1.82) is 0 Å². The minimum absolute atomic E-state index is 0.410. The van der Waals surface area contributed by atoms with E-state index < -0.39 is 53.1 Å². The molecule has 0 bridgehead atoms. The Balaban J connectivity index is 2.49. The standard InChI is InChI=1S/C14H8I2O9S2/c15-7-1-3-11(26(19,20)21)9(5-7)13(17)25-14(18)10-6-8(16)2-4-12(10)27(22,23)24/h1-6H,(H,19,20,21)(H,22,23,24). The van der Waals surface area contributed by atoms with Gasteiger partial charge in [0.1, 0.15) is 9.79 Å². The summed E-state index contributed by atoms with van der Waals surface area (Å²) in [6, 6.07) is 6.65.